The fourth-order valence-corrected chi connectivity index (χ4v) is 0.818. The van der Waals surface area contributed by atoms with E-state index in [1.807, 2.05) is 0 Å². The zero-order valence-electron chi connectivity index (χ0n) is 9.87. The molecule has 1 amide bonds. The third-order valence-corrected chi connectivity index (χ3v) is 1.38. The zero-order chi connectivity index (χ0) is 12.0. The van der Waals surface area contributed by atoms with Crippen LogP contribution in [-0.4, -0.2) is 30.3 Å². The van der Waals surface area contributed by atoms with Crippen molar-refractivity contribution in [2.75, 3.05) is 0 Å². The Hall–Kier alpha value is -1.26. The molecule has 0 heterocycles. The van der Waals surface area contributed by atoms with E-state index in [-0.39, 0.29) is 12.2 Å². The Balaban J connectivity index is 3.96. The smallest absolute Gasteiger partial charge is 0.408 e. The first-order chi connectivity index (χ1) is 6.82. The van der Waals surface area contributed by atoms with E-state index in [1.54, 1.807) is 34.6 Å². The summed E-state index contributed by atoms with van der Waals surface area (Å²) in [7, 11) is 0. The molecule has 0 aliphatic heterocycles. The number of amides is 1. The van der Waals surface area contributed by atoms with Gasteiger partial charge in [0.15, 0.2) is 0 Å². The van der Waals surface area contributed by atoms with Crippen molar-refractivity contribution < 1.29 is 19.1 Å². The van der Waals surface area contributed by atoms with E-state index in [2.05, 4.69) is 5.32 Å². The van der Waals surface area contributed by atoms with Gasteiger partial charge in [0.05, 0.1) is 12.2 Å². The molecule has 0 fully saturated rings. The molecule has 0 bridgehead atoms. The lowest BCUT2D eigenvalue weighted by Crippen LogP contribution is -2.41. The van der Waals surface area contributed by atoms with Crippen LogP contribution in [0.25, 0.3) is 0 Å². The quantitative estimate of drug-likeness (QED) is 0.724. The van der Waals surface area contributed by atoms with Crippen molar-refractivity contribution in [3.05, 3.63) is 0 Å². The van der Waals surface area contributed by atoms with Crippen molar-refractivity contribution >= 4 is 12.1 Å². The molecule has 0 saturated heterocycles. The van der Waals surface area contributed by atoms with Gasteiger partial charge in [-0.05, 0) is 34.6 Å². The number of ether oxygens (including phenoxy) is 2. The number of carbonyl (C=O) groups excluding carboxylic acids is 2. The molecule has 15 heavy (non-hydrogen) atoms. The van der Waals surface area contributed by atoms with E-state index >= 15 is 0 Å². The van der Waals surface area contributed by atoms with Crippen LogP contribution in [0, 0.1) is 0 Å². The minimum atomic E-state index is -0.696. The Kier molecular flexibility index (Phi) is 5.74. The molecule has 0 radical (unpaired) electrons. The fraction of sp³-hybridized carbons (Fsp3) is 0.800. The standard InChI is InChI=1S/C10H19NO4/c1-6(2)14-9(12)8(5)11-10(13)15-7(3)4/h6-8H,1-5H3,(H,11,13). The largest absolute Gasteiger partial charge is 0.461 e. The first-order valence-corrected chi connectivity index (χ1v) is 5.00. The summed E-state index contributed by atoms with van der Waals surface area (Å²) in [4.78, 5) is 22.4. The van der Waals surface area contributed by atoms with Crippen LogP contribution in [0.2, 0.25) is 0 Å². The number of rotatable bonds is 4. The Labute approximate surface area is 90.1 Å². The second-order valence-corrected chi connectivity index (χ2v) is 3.81. The summed E-state index contributed by atoms with van der Waals surface area (Å²) >= 11 is 0. The molecule has 1 unspecified atom stereocenters. The molecule has 0 aliphatic carbocycles. The molecule has 0 aromatic heterocycles. The van der Waals surface area contributed by atoms with Crippen molar-refractivity contribution in [3.63, 3.8) is 0 Å². The highest BCUT2D eigenvalue weighted by Gasteiger charge is 2.19. The predicted octanol–water partition coefficient (Wildman–Crippen LogP) is 1.46. The number of hydrogen-bond donors (Lipinski definition) is 1. The molecule has 0 rings (SSSR count). The average Bonchev–Trinajstić information content (AvgIpc) is 2.00. The number of carbonyl (C=O) groups is 2. The lowest BCUT2D eigenvalue weighted by molar-refractivity contribution is -0.149. The van der Waals surface area contributed by atoms with Crippen molar-refractivity contribution in [2.45, 2.75) is 52.9 Å². The fourth-order valence-electron chi connectivity index (χ4n) is 0.818. The highest BCUT2D eigenvalue weighted by atomic mass is 16.6. The second-order valence-electron chi connectivity index (χ2n) is 3.81. The highest BCUT2D eigenvalue weighted by Crippen LogP contribution is 1.96. The Morgan fingerprint density at radius 2 is 1.40 bits per heavy atom. The SMILES string of the molecule is CC(C)OC(=O)NC(C)C(=O)OC(C)C. The van der Waals surface area contributed by atoms with Crippen LogP contribution in [0.3, 0.4) is 0 Å². The van der Waals surface area contributed by atoms with Gasteiger partial charge in [-0.25, -0.2) is 9.59 Å². The molecule has 1 N–H and O–H groups in total. The van der Waals surface area contributed by atoms with Crippen LogP contribution < -0.4 is 5.32 Å². The molecule has 1 atom stereocenters. The maximum atomic E-state index is 11.3. The average molecular weight is 217 g/mol. The first kappa shape index (κ1) is 13.7. The first-order valence-electron chi connectivity index (χ1n) is 5.00. The van der Waals surface area contributed by atoms with E-state index in [4.69, 9.17) is 9.47 Å². The van der Waals surface area contributed by atoms with Crippen molar-refractivity contribution in [3.8, 4) is 0 Å². The summed E-state index contributed by atoms with van der Waals surface area (Å²) in [6.07, 6.45) is -1.01. The van der Waals surface area contributed by atoms with Crippen molar-refractivity contribution in [1.29, 1.82) is 0 Å². The number of esters is 1. The van der Waals surface area contributed by atoms with E-state index in [9.17, 15) is 9.59 Å². The number of hydrogen-bond acceptors (Lipinski definition) is 4. The molecular weight excluding hydrogens is 198 g/mol. The summed E-state index contributed by atoms with van der Waals surface area (Å²) in [5.74, 6) is -0.467. The zero-order valence-corrected chi connectivity index (χ0v) is 9.87. The van der Waals surface area contributed by atoms with Crippen LogP contribution in [0.4, 0.5) is 4.79 Å². The molecule has 5 heteroatoms. The van der Waals surface area contributed by atoms with Crippen molar-refractivity contribution in [1.82, 2.24) is 5.32 Å². The summed E-state index contributed by atoms with van der Waals surface area (Å²) in [6, 6.07) is -0.696. The Morgan fingerprint density at radius 3 is 1.80 bits per heavy atom. The molecular formula is C10H19NO4. The van der Waals surface area contributed by atoms with Gasteiger partial charge in [0.2, 0.25) is 0 Å². The van der Waals surface area contributed by atoms with Gasteiger partial charge in [-0.3, -0.25) is 0 Å². The van der Waals surface area contributed by atoms with Crippen LogP contribution in [0.5, 0.6) is 0 Å². The lowest BCUT2D eigenvalue weighted by atomic mass is 10.3. The number of alkyl carbamates (subject to hydrolysis) is 1. The van der Waals surface area contributed by atoms with Gasteiger partial charge in [0.25, 0.3) is 0 Å². The molecule has 5 nitrogen and oxygen atoms in total. The van der Waals surface area contributed by atoms with Gasteiger partial charge in [0, 0.05) is 0 Å². The summed E-state index contributed by atoms with van der Waals surface area (Å²) in [5, 5.41) is 2.38. The summed E-state index contributed by atoms with van der Waals surface area (Å²) in [6.45, 7) is 8.51. The third-order valence-electron chi connectivity index (χ3n) is 1.38. The van der Waals surface area contributed by atoms with Gasteiger partial charge in [-0.2, -0.15) is 0 Å². The topological polar surface area (TPSA) is 64.6 Å². The van der Waals surface area contributed by atoms with E-state index < -0.39 is 18.1 Å². The maximum absolute atomic E-state index is 11.3. The monoisotopic (exact) mass is 217 g/mol. The van der Waals surface area contributed by atoms with Crippen molar-refractivity contribution in [2.24, 2.45) is 0 Å². The van der Waals surface area contributed by atoms with Crippen LogP contribution in [0.15, 0.2) is 0 Å². The molecule has 0 saturated carbocycles. The predicted molar refractivity (Wildman–Crippen MR) is 55.4 cm³/mol. The molecule has 0 aliphatic rings. The van der Waals surface area contributed by atoms with E-state index in [0.29, 0.717) is 0 Å². The van der Waals surface area contributed by atoms with E-state index in [0.717, 1.165) is 0 Å². The van der Waals surface area contributed by atoms with Gasteiger partial charge in [0.1, 0.15) is 6.04 Å². The van der Waals surface area contributed by atoms with Gasteiger partial charge in [-0.1, -0.05) is 0 Å². The van der Waals surface area contributed by atoms with Gasteiger partial charge >= 0.3 is 12.1 Å². The van der Waals surface area contributed by atoms with Crippen LogP contribution in [-0.2, 0) is 14.3 Å². The molecule has 0 spiro atoms. The van der Waals surface area contributed by atoms with E-state index in [1.165, 1.54) is 0 Å². The van der Waals surface area contributed by atoms with Crippen LogP contribution >= 0.6 is 0 Å². The Bertz CT molecular complexity index is 225. The summed E-state index contributed by atoms with van der Waals surface area (Å²) < 4.78 is 9.73. The molecule has 0 aromatic carbocycles. The third kappa shape index (κ3) is 6.76. The normalized spacial score (nSPS) is 12.5. The minimum Gasteiger partial charge on any atom is -0.461 e. The number of nitrogens with one attached hydrogen (secondary N) is 1. The minimum absolute atomic E-state index is 0.192. The lowest BCUT2D eigenvalue weighted by Gasteiger charge is -2.16. The molecule has 0 aromatic rings. The molecule has 88 valence electrons. The highest BCUT2D eigenvalue weighted by molar-refractivity contribution is 5.81. The van der Waals surface area contributed by atoms with Gasteiger partial charge in [-0.15, -0.1) is 0 Å². The maximum Gasteiger partial charge on any atom is 0.408 e. The second kappa shape index (κ2) is 6.27. The van der Waals surface area contributed by atoms with Crippen LogP contribution in [0.1, 0.15) is 34.6 Å². The summed E-state index contributed by atoms with van der Waals surface area (Å²) in [5.41, 5.74) is 0. The van der Waals surface area contributed by atoms with Gasteiger partial charge < -0.3 is 14.8 Å². The Morgan fingerprint density at radius 1 is 0.933 bits per heavy atom.